The molecule has 4 nitrogen and oxygen atoms in total. The molecule has 0 bridgehead atoms. The number of nitrogens with one attached hydrogen (secondary N) is 2. The van der Waals surface area contributed by atoms with Crippen molar-refractivity contribution in [3.05, 3.63) is 28.2 Å². The molecule has 1 aliphatic carbocycles. The van der Waals surface area contributed by atoms with Crippen LogP contribution in [-0.2, 0) is 16.6 Å². The summed E-state index contributed by atoms with van der Waals surface area (Å²) in [6.07, 6.45) is 4.24. The zero-order chi connectivity index (χ0) is 15.5. The second-order valence-corrected chi connectivity index (χ2v) is 8.24. The van der Waals surface area contributed by atoms with Gasteiger partial charge in [0.05, 0.1) is 4.90 Å². The number of hydrogen-bond donors (Lipinski definition) is 2. The lowest BCUT2D eigenvalue weighted by Crippen LogP contribution is -2.35. The molecule has 6 heteroatoms. The van der Waals surface area contributed by atoms with Crippen molar-refractivity contribution in [3.8, 4) is 0 Å². The van der Waals surface area contributed by atoms with Crippen molar-refractivity contribution in [3.63, 3.8) is 0 Å². The Hall–Kier alpha value is -0.430. The molecule has 0 radical (unpaired) electrons. The zero-order valence-corrected chi connectivity index (χ0v) is 14.9. The summed E-state index contributed by atoms with van der Waals surface area (Å²) < 4.78 is 28.7. The Kier molecular flexibility index (Phi) is 5.82. The van der Waals surface area contributed by atoms with Gasteiger partial charge in [0.15, 0.2) is 0 Å². The van der Waals surface area contributed by atoms with E-state index < -0.39 is 10.0 Å². The Morgan fingerprint density at radius 1 is 1.38 bits per heavy atom. The van der Waals surface area contributed by atoms with Gasteiger partial charge in [0.1, 0.15) is 0 Å². The molecule has 0 heterocycles. The molecule has 0 saturated heterocycles. The maximum Gasteiger partial charge on any atom is 0.241 e. The Morgan fingerprint density at radius 3 is 2.67 bits per heavy atom. The molecule has 21 heavy (non-hydrogen) atoms. The van der Waals surface area contributed by atoms with Crippen LogP contribution in [0.4, 0.5) is 0 Å². The van der Waals surface area contributed by atoms with Gasteiger partial charge in [-0.25, -0.2) is 13.1 Å². The average Bonchev–Trinajstić information content (AvgIpc) is 3.24. The molecular formula is C15H23BrN2O2S. The fourth-order valence-corrected chi connectivity index (χ4v) is 4.75. The number of rotatable bonds is 8. The molecule has 1 atom stereocenters. The molecule has 2 N–H and O–H groups in total. The fraction of sp³-hybridized carbons (Fsp3) is 0.600. The summed E-state index contributed by atoms with van der Waals surface area (Å²) in [5, 5.41) is 3.04. The zero-order valence-electron chi connectivity index (χ0n) is 12.5. The fourth-order valence-electron chi connectivity index (χ4n) is 2.40. The van der Waals surface area contributed by atoms with Gasteiger partial charge < -0.3 is 5.32 Å². The van der Waals surface area contributed by atoms with E-state index in [-0.39, 0.29) is 6.04 Å². The third-order valence-electron chi connectivity index (χ3n) is 3.80. The normalized spacial score (nSPS) is 16.9. The Morgan fingerprint density at radius 2 is 2.10 bits per heavy atom. The molecule has 1 fully saturated rings. The average molecular weight is 375 g/mol. The number of hydrogen-bond acceptors (Lipinski definition) is 3. The van der Waals surface area contributed by atoms with Crippen LogP contribution in [-0.4, -0.2) is 21.5 Å². The third-order valence-corrected chi connectivity index (χ3v) is 6.31. The maximum atomic E-state index is 12.6. The number of halogens is 1. The van der Waals surface area contributed by atoms with E-state index in [0.717, 1.165) is 18.4 Å². The van der Waals surface area contributed by atoms with Crippen LogP contribution in [0.3, 0.4) is 0 Å². The molecule has 118 valence electrons. The first-order valence-corrected chi connectivity index (χ1v) is 9.69. The minimum atomic E-state index is -3.49. The Bertz CT molecular complexity index is 585. The molecule has 1 aliphatic rings. The highest BCUT2D eigenvalue weighted by Gasteiger charge is 2.28. The Labute approximate surface area is 135 Å². The van der Waals surface area contributed by atoms with Gasteiger partial charge in [0.25, 0.3) is 0 Å². The first-order chi connectivity index (χ1) is 9.96. The van der Waals surface area contributed by atoms with E-state index in [1.807, 2.05) is 20.0 Å². The topological polar surface area (TPSA) is 58.2 Å². The first kappa shape index (κ1) is 16.9. The summed E-state index contributed by atoms with van der Waals surface area (Å²) in [6, 6.07) is 5.47. The highest BCUT2D eigenvalue weighted by molar-refractivity contribution is 9.10. The molecule has 2 rings (SSSR count). The molecule has 1 aromatic carbocycles. The van der Waals surface area contributed by atoms with Crippen molar-refractivity contribution in [2.45, 2.75) is 50.1 Å². The summed E-state index contributed by atoms with van der Waals surface area (Å²) in [5.74, 6) is 0.705. The van der Waals surface area contributed by atoms with E-state index in [0.29, 0.717) is 21.8 Å². The van der Waals surface area contributed by atoms with Crippen LogP contribution in [0.5, 0.6) is 0 Å². The maximum absolute atomic E-state index is 12.6. The predicted octanol–water partition coefficient (Wildman–Crippen LogP) is 3.03. The van der Waals surface area contributed by atoms with Crippen LogP contribution in [0.1, 0.15) is 38.2 Å². The van der Waals surface area contributed by atoms with Gasteiger partial charge >= 0.3 is 0 Å². The molecule has 0 spiro atoms. The van der Waals surface area contributed by atoms with Gasteiger partial charge in [-0.05, 0) is 59.4 Å². The van der Waals surface area contributed by atoms with Crippen molar-refractivity contribution in [1.82, 2.24) is 10.0 Å². The van der Waals surface area contributed by atoms with Crippen LogP contribution < -0.4 is 10.0 Å². The minimum Gasteiger partial charge on any atom is -0.316 e. The van der Waals surface area contributed by atoms with Crippen molar-refractivity contribution in [2.75, 3.05) is 7.05 Å². The molecule has 1 unspecified atom stereocenters. The van der Waals surface area contributed by atoms with E-state index in [4.69, 9.17) is 0 Å². The van der Waals surface area contributed by atoms with Crippen molar-refractivity contribution in [1.29, 1.82) is 0 Å². The summed E-state index contributed by atoms with van der Waals surface area (Å²) in [7, 11) is -1.64. The summed E-state index contributed by atoms with van der Waals surface area (Å²) in [4.78, 5) is 0.324. The lowest BCUT2D eigenvalue weighted by molar-refractivity contribution is 0.495. The third kappa shape index (κ3) is 4.77. The quantitative estimate of drug-likeness (QED) is 0.734. The molecule has 0 amide bonds. The standard InChI is InChI=1S/C15H23BrN2O2S/c1-3-13(8-11-4-5-11)18-21(19,20)15-9-12(10-17-2)6-7-14(15)16/h6-7,9,11,13,17-18H,3-5,8,10H2,1-2H3. The first-order valence-electron chi connectivity index (χ1n) is 7.41. The minimum absolute atomic E-state index is 0.0300. The second-order valence-electron chi connectivity index (χ2n) is 5.70. The van der Waals surface area contributed by atoms with Gasteiger partial charge in [-0.3, -0.25) is 0 Å². The SMILES string of the molecule is CCC(CC1CC1)NS(=O)(=O)c1cc(CNC)ccc1Br. The van der Waals surface area contributed by atoms with E-state index >= 15 is 0 Å². The van der Waals surface area contributed by atoms with E-state index in [2.05, 4.69) is 26.0 Å². The highest BCUT2D eigenvalue weighted by atomic mass is 79.9. The van der Waals surface area contributed by atoms with E-state index in [1.54, 1.807) is 12.1 Å². The van der Waals surface area contributed by atoms with Gasteiger partial charge in [0.2, 0.25) is 10.0 Å². The van der Waals surface area contributed by atoms with Crippen LogP contribution >= 0.6 is 15.9 Å². The lowest BCUT2D eigenvalue weighted by atomic mass is 10.1. The predicted molar refractivity (Wildman–Crippen MR) is 88.6 cm³/mol. The van der Waals surface area contributed by atoms with Gasteiger partial charge in [-0.15, -0.1) is 0 Å². The Balaban J connectivity index is 2.18. The van der Waals surface area contributed by atoms with E-state index in [1.165, 1.54) is 12.8 Å². The smallest absolute Gasteiger partial charge is 0.241 e. The van der Waals surface area contributed by atoms with Gasteiger partial charge in [0, 0.05) is 17.1 Å². The summed E-state index contributed by atoms with van der Waals surface area (Å²) in [6.45, 7) is 2.68. The van der Waals surface area contributed by atoms with Crippen molar-refractivity contribution in [2.24, 2.45) is 5.92 Å². The van der Waals surface area contributed by atoms with Gasteiger partial charge in [-0.2, -0.15) is 0 Å². The molecule has 0 aliphatic heterocycles. The monoisotopic (exact) mass is 374 g/mol. The summed E-state index contributed by atoms with van der Waals surface area (Å²) >= 11 is 3.35. The van der Waals surface area contributed by atoms with Crippen LogP contribution in [0.2, 0.25) is 0 Å². The summed E-state index contributed by atoms with van der Waals surface area (Å²) in [5.41, 5.74) is 0.955. The van der Waals surface area contributed by atoms with Crippen LogP contribution in [0, 0.1) is 5.92 Å². The van der Waals surface area contributed by atoms with Crippen molar-refractivity contribution >= 4 is 26.0 Å². The number of sulfonamides is 1. The molecule has 1 saturated carbocycles. The van der Waals surface area contributed by atoms with Crippen LogP contribution in [0.25, 0.3) is 0 Å². The molecule has 0 aromatic heterocycles. The van der Waals surface area contributed by atoms with Gasteiger partial charge in [-0.1, -0.05) is 25.8 Å². The lowest BCUT2D eigenvalue weighted by Gasteiger charge is -2.18. The van der Waals surface area contributed by atoms with E-state index in [9.17, 15) is 8.42 Å². The largest absolute Gasteiger partial charge is 0.316 e. The number of benzene rings is 1. The highest BCUT2D eigenvalue weighted by Crippen LogP contribution is 2.34. The van der Waals surface area contributed by atoms with Crippen LogP contribution in [0.15, 0.2) is 27.6 Å². The molecule has 1 aromatic rings. The second kappa shape index (κ2) is 7.22. The molecular weight excluding hydrogens is 352 g/mol. The van der Waals surface area contributed by atoms with Crippen molar-refractivity contribution < 1.29 is 8.42 Å².